The maximum Gasteiger partial charge on any atom is 0.398 e. The molecular weight excluding hydrogens is 412 g/mol. The third kappa shape index (κ3) is 3.70. The van der Waals surface area contributed by atoms with Crippen LogP contribution in [0.1, 0.15) is 23.3 Å². The Bertz CT molecular complexity index is 1030. The lowest BCUT2D eigenvalue weighted by molar-refractivity contribution is 0.118. The number of benzene rings is 2. The molecule has 0 radical (unpaired) electrons. The van der Waals surface area contributed by atoms with Crippen LogP contribution in [0.15, 0.2) is 48.5 Å². The predicted octanol–water partition coefficient (Wildman–Crippen LogP) is 1.70. The van der Waals surface area contributed by atoms with E-state index >= 15 is 0 Å². The van der Waals surface area contributed by atoms with E-state index in [4.69, 9.17) is 8.37 Å². The van der Waals surface area contributed by atoms with Crippen LogP contribution >= 0.6 is 0 Å². The van der Waals surface area contributed by atoms with Crippen LogP contribution < -0.4 is 10.6 Å². The van der Waals surface area contributed by atoms with E-state index in [1.54, 1.807) is 48.5 Å². The highest BCUT2D eigenvalue weighted by molar-refractivity contribution is 7.81. The fourth-order valence-electron chi connectivity index (χ4n) is 3.69. The van der Waals surface area contributed by atoms with Crippen LogP contribution in [-0.4, -0.2) is 38.0 Å². The van der Waals surface area contributed by atoms with Crippen LogP contribution in [0.2, 0.25) is 0 Å². The molecule has 2 aliphatic rings. The van der Waals surface area contributed by atoms with Crippen LogP contribution in [0.25, 0.3) is 0 Å². The summed E-state index contributed by atoms with van der Waals surface area (Å²) in [6, 6.07) is 11.7. The summed E-state index contributed by atoms with van der Waals surface area (Å²) in [4.78, 5) is 0. The molecule has 10 nitrogen and oxygen atoms in total. The van der Waals surface area contributed by atoms with E-state index < -0.39 is 45.1 Å². The summed E-state index contributed by atoms with van der Waals surface area (Å²) >= 11 is 0. The third-order valence-electron chi connectivity index (χ3n) is 4.67. The molecule has 28 heavy (non-hydrogen) atoms. The minimum Gasteiger partial charge on any atom is -0.377 e. The average Bonchev–Trinajstić information content (AvgIpc) is 3.11. The van der Waals surface area contributed by atoms with Gasteiger partial charge in [-0.05, 0) is 12.1 Å². The second kappa shape index (κ2) is 6.69. The van der Waals surface area contributed by atoms with E-state index in [2.05, 4.69) is 10.6 Å². The van der Waals surface area contributed by atoms with Gasteiger partial charge in [0, 0.05) is 22.5 Å². The van der Waals surface area contributed by atoms with Crippen molar-refractivity contribution < 1.29 is 34.3 Å². The molecule has 0 saturated carbocycles. The number of para-hydroxylation sites is 2. The Labute approximate surface area is 161 Å². The molecule has 12 heteroatoms. The van der Waals surface area contributed by atoms with E-state index in [0.717, 1.165) is 0 Å². The smallest absolute Gasteiger partial charge is 0.377 e. The van der Waals surface area contributed by atoms with Gasteiger partial charge in [0.2, 0.25) is 0 Å². The van der Waals surface area contributed by atoms with Crippen molar-refractivity contribution in [3.8, 4) is 0 Å². The molecule has 0 aliphatic carbocycles. The summed E-state index contributed by atoms with van der Waals surface area (Å²) in [5.41, 5.74) is 2.05. The van der Waals surface area contributed by atoms with Crippen LogP contribution in [0.3, 0.4) is 0 Å². The molecule has 2 heterocycles. The SMILES string of the molecule is O=S(=O)(O)OC1c2ccccc2NC1C1Nc2ccccc2C1OS(=O)(=O)O. The first-order chi connectivity index (χ1) is 13.1. The third-order valence-corrected chi connectivity index (χ3v) is 5.57. The van der Waals surface area contributed by atoms with Crippen LogP contribution in [0, 0.1) is 0 Å². The molecule has 2 aromatic carbocycles. The first-order valence-corrected chi connectivity index (χ1v) is 10.9. The molecule has 2 aromatic rings. The van der Waals surface area contributed by atoms with Gasteiger partial charge in [-0.25, -0.2) is 8.37 Å². The number of anilines is 2. The van der Waals surface area contributed by atoms with Crippen molar-refractivity contribution in [2.75, 3.05) is 10.6 Å². The van der Waals surface area contributed by atoms with Gasteiger partial charge in [-0.1, -0.05) is 36.4 Å². The lowest BCUT2D eigenvalue weighted by atomic mass is 9.96. The highest BCUT2D eigenvalue weighted by Crippen LogP contribution is 2.46. The molecule has 150 valence electrons. The van der Waals surface area contributed by atoms with Crippen molar-refractivity contribution in [2.24, 2.45) is 0 Å². The number of hydrogen-bond acceptors (Lipinski definition) is 8. The zero-order chi connectivity index (χ0) is 20.1. The minimum absolute atomic E-state index is 0.466. The van der Waals surface area contributed by atoms with Crippen molar-refractivity contribution in [1.82, 2.24) is 0 Å². The van der Waals surface area contributed by atoms with Crippen LogP contribution in [0.4, 0.5) is 11.4 Å². The van der Waals surface area contributed by atoms with E-state index in [0.29, 0.717) is 22.5 Å². The summed E-state index contributed by atoms with van der Waals surface area (Å²) in [5.74, 6) is 0. The highest BCUT2D eigenvalue weighted by Gasteiger charge is 2.48. The van der Waals surface area contributed by atoms with Gasteiger partial charge in [0.15, 0.2) is 0 Å². The average molecular weight is 428 g/mol. The Hall–Kier alpha value is -2.22. The lowest BCUT2D eigenvalue weighted by Crippen LogP contribution is -2.43. The Morgan fingerprint density at radius 3 is 1.39 bits per heavy atom. The summed E-state index contributed by atoms with van der Waals surface area (Å²) in [6.07, 6.45) is -2.32. The quantitative estimate of drug-likeness (QED) is 0.518. The molecule has 0 aromatic heterocycles. The monoisotopic (exact) mass is 428 g/mol. The van der Waals surface area contributed by atoms with Crippen molar-refractivity contribution >= 4 is 32.2 Å². The van der Waals surface area contributed by atoms with Gasteiger partial charge in [0.1, 0.15) is 12.2 Å². The molecule has 0 amide bonds. The zero-order valence-electron chi connectivity index (χ0n) is 14.1. The first-order valence-electron chi connectivity index (χ1n) is 8.15. The lowest BCUT2D eigenvalue weighted by Gasteiger charge is -2.29. The molecule has 4 unspecified atom stereocenters. The minimum atomic E-state index is -4.81. The standard InChI is InChI=1S/C16H16N2O8S2/c19-27(20,21)25-15-9-5-1-3-7-11(9)17-13(15)14-16(26-28(22,23)24)10-6-2-4-8-12(10)18-14/h1-8,13-18H,(H,19,20,21)(H,22,23,24). The topological polar surface area (TPSA) is 151 Å². The molecular formula is C16H16N2O8S2. The maximum absolute atomic E-state index is 11.4. The maximum atomic E-state index is 11.4. The number of nitrogens with one attached hydrogen (secondary N) is 2. The van der Waals surface area contributed by atoms with Gasteiger partial charge in [-0.2, -0.15) is 16.8 Å². The Kier molecular flexibility index (Phi) is 4.56. The van der Waals surface area contributed by atoms with Gasteiger partial charge >= 0.3 is 20.8 Å². The van der Waals surface area contributed by atoms with Crippen molar-refractivity contribution in [2.45, 2.75) is 24.3 Å². The van der Waals surface area contributed by atoms with Gasteiger partial charge in [-0.15, -0.1) is 0 Å². The Balaban J connectivity index is 1.76. The first kappa shape index (κ1) is 19.1. The van der Waals surface area contributed by atoms with Crippen molar-refractivity contribution in [1.29, 1.82) is 0 Å². The molecule has 0 saturated heterocycles. The fraction of sp³-hybridized carbons (Fsp3) is 0.250. The normalized spacial score (nSPS) is 26.2. The number of rotatable bonds is 5. The fourth-order valence-corrected chi connectivity index (χ4v) is 4.66. The second-order valence-corrected chi connectivity index (χ2v) is 8.50. The molecule has 4 N–H and O–H groups in total. The molecule has 0 spiro atoms. The van der Waals surface area contributed by atoms with Gasteiger partial charge in [0.25, 0.3) is 0 Å². The number of fused-ring (bicyclic) bond motifs is 2. The Morgan fingerprint density at radius 1 is 0.679 bits per heavy atom. The van der Waals surface area contributed by atoms with E-state index in [9.17, 15) is 25.9 Å². The van der Waals surface area contributed by atoms with E-state index in [1.807, 2.05) is 0 Å². The summed E-state index contributed by atoms with van der Waals surface area (Å²) in [6.45, 7) is 0. The van der Waals surface area contributed by atoms with Gasteiger partial charge in [0.05, 0.1) is 12.1 Å². The molecule has 4 atom stereocenters. The largest absolute Gasteiger partial charge is 0.398 e. The zero-order valence-corrected chi connectivity index (χ0v) is 15.7. The predicted molar refractivity (Wildman–Crippen MR) is 98.5 cm³/mol. The number of hydrogen-bond donors (Lipinski definition) is 4. The van der Waals surface area contributed by atoms with E-state index in [1.165, 1.54) is 0 Å². The molecule has 4 rings (SSSR count). The van der Waals surface area contributed by atoms with Gasteiger partial charge in [-0.3, -0.25) is 9.11 Å². The van der Waals surface area contributed by atoms with Crippen molar-refractivity contribution in [3.05, 3.63) is 59.7 Å². The Morgan fingerprint density at radius 2 is 1.04 bits per heavy atom. The summed E-state index contributed by atoms with van der Waals surface area (Å²) < 4.78 is 73.8. The highest BCUT2D eigenvalue weighted by atomic mass is 32.3. The van der Waals surface area contributed by atoms with Crippen molar-refractivity contribution in [3.63, 3.8) is 0 Å². The molecule has 0 fully saturated rings. The van der Waals surface area contributed by atoms with Gasteiger partial charge < -0.3 is 10.6 Å². The molecule has 2 aliphatic heterocycles. The summed E-state index contributed by atoms with van der Waals surface area (Å²) in [5, 5.41) is 6.16. The summed E-state index contributed by atoms with van der Waals surface area (Å²) in [7, 11) is -9.62. The van der Waals surface area contributed by atoms with Crippen LogP contribution in [-0.2, 0) is 29.2 Å². The van der Waals surface area contributed by atoms with Crippen LogP contribution in [0.5, 0.6) is 0 Å². The second-order valence-electron chi connectivity index (χ2n) is 6.40. The molecule has 0 bridgehead atoms. The van der Waals surface area contributed by atoms with E-state index in [-0.39, 0.29) is 0 Å².